The topological polar surface area (TPSA) is 89.1 Å². The SMILES string of the molecule is CCNC(=O)NCc1cccc(-c2ccc([C@@H]3O[C@H](CSc4ccccc4OC)[C@H](C)[C@H](c4ccc(CO)cc4)O3)cc2)c1. The molecule has 0 saturated carbocycles. The summed E-state index contributed by atoms with van der Waals surface area (Å²) in [4.78, 5) is 12.9. The average Bonchev–Trinajstić information content (AvgIpc) is 3.07. The summed E-state index contributed by atoms with van der Waals surface area (Å²) >= 11 is 1.72. The van der Waals surface area contributed by atoms with Gasteiger partial charge in [0.25, 0.3) is 0 Å². The van der Waals surface area contributed by atoms with Gasteiger partial charge in [0.15, 0.2) is 6.29 Å². The maximum absolute atomic E-state index is 11.8. The normalized spacial score (nSPS) is 19.7. The summed E-state index contributed by atoms with van der Waals surface area (Å²) in [7, 11) is 1.69. The van der Waals surface area contributed by atoms with Gasteiger partial charge in [-0.05, 0) is 52.9 Å². The summed E-state index contributed by atoms with van der Waals surface area (Å²) in [5.74, 6) is 1.68. The Morgan fingerprint density at radius 3 is 2.34 bits per heavy atom. The number of thioether (sulfide) groups is 1. The number of urea groups is 1. The van der Waals surface area contributed by atoms with Crippen LogP contribution in [0.1, 0.15) is 48.5 Å². The predicted octanol–water partition coefficient (Wildman–Crippen LogP) is 7.26. The second-order valence-electron chi connectivity index (χ2n) is 10.8. The van der Waals surface area contributed by atoms with Crippen molar-refractivity contribution in [2.24, 2.45) is 5.92 Å². The summed E-state index contributed by atoms with van der Waals surface area (Å²) in [6.45, 7) is 5.11. The van der Waals surface area contributed by atoms with Crippen LogP contribution < -0.4 is 15.4 Å². The monoisotopic (exact) mass is 612 g/mol. The van der Waals surface area contributed by atoms with Crippen LogP contribution in [-0.4, -0.2) is 36.6 Å². The molecule has 1 heterocycles. The van der Waals surface area contributed by atoms with Crippen molar-refractivity contribution in [3.05, 3.63) is 119 Å². The number of para-hydroxylation sites is 1. The van der Waals surface area contributed by atoms with Gasteiger partial charge in [0.2, 0.25) is 0 Å². The zero-order valence-corrected chi connectivity index (χ0v) is 26.2. The van der Waals surface area contributed by atoms with Crippen LogP contribution in [0, 0.1) is 5.92 Å². The van der Waals surface area contributed by atoms with Crippen molar-refractivity contribution in [1.82, 2.24) is 10.6 Å². The molecule has 0 radical (unpaired) electrons. The van der Waals surface area contributed by atoms with E-state index in [1.807, 2.05) is 61.5 Å². The van der Waals surface area contributed by atoms with Crippen LogP contribution in [0.15, 0.2) is 102 Å². The molecule has 1 aliphatic rings. The maximum Gasteiger partial charge on any atom is 0.315 e. The van der Waals surface area contributed by atoms with Gasteiger partial charge in [0.05, 0.1) is 25.9 Å². The lowest BCUT2D eigenvalue weighted by atomic mass is 9.91. The predicted molar refractivity (Wildman–Crippen MR) is 174 cm³/mol. The van der Waals surface area contributed by atoms with Gasteiger partial charge in [-0.3, -0.25) is 0 Å². The summed E-state index contributed by atoms with van der Waals surface area (Å²) in [5.41, 5.74) is 6.03. The van der Waals surface area contributed by atoms with Crippen molar-refractivity contribution in [2.75, 3.05) is 19.4 Å². The average molecular weight is 613 g/mol. The molecule has 4 atom stereocenters. The first-order valence-corrected chi connectivity index (χ1v) is 15.9. The molecule has 0 bridgehead atoms. The summed E-state index contributed by atoms with van der Waals surface area (Å²) < 4.78 is 18.9. The van der Waals surface area contributed by atoms with Crippen molar-refractivity contribution in [3.8, 4) is 16.9 Å². The zero-order valence-electron chi connectivity index (χ0n) is 25.4. The van der Waals surface area contributed by atoms with Gasteiger partial charge < -0.3 is 30.0 Å². The van der Waals surface area contributed by atoms with Crippen LogP contribution in [0.4, 0.5) is 4.79 Å². The maximum atomic E-state index is 11.8. The van der Waals surface area contributed by atoms with E-state index in [9.17, 15) is 9.90 Å². The summed E-state index contributed by atoms with van der Waals surface area (Å²) in [6, 6.07) is 32.3. The third-order valence-corrected chi connectivity index (χ3v) is 8.97. The van der Waals surface area contributed by atoms with E-state index in [1.54, 1.807) is 18.9 Å². The Labute approximate surface area is 263 Å². The fourth-order valence-electron chi connectivity index (χ4n) is 5.32. The number of methoxy groups -OCH3 is 1. The van der Waals surface area contributed by atoms with E-state index in [1.165, 1.54) is 0 Å². The number of rotatable bonds is 11. The summed E-state index contributed by atoms with van der Waals surface area (Å²) in [5, 5.41) is 15.2. The molecule has 7 nitrogen and oxygen atoms in total. The fraction of sp³-hybridized carbons (Fsp3) is 0.306. The first-order valence-electron chi connectivity index (χ1n) is 15.0. The summed E-state index contributed by atoms with van der Waals surface area (Å²) in [6.07, 6.45) is -0.808. The van der Waals surface area contributed by atoms with Gasteiger partial charge >= 0.3 is 6.03 Å². The number of hydrogen-bond donors (Lipinski definition) is 3. The Kier molecular flexibility index (Phi) is 11.0. The molecule has 1 saturated heterocycles. The number of hydrogen-bond acceptors (Lipinski definition) is 6. The molecule has 44 heavy (non-hydrogen) atoms. The molecule has 0 aromatic heterocycles. The fourth-order valence-corrected chi connectivity index (χ4v) is 6.51. The lowest BCUT2D eigenvalue weighted by Gasteiger charge is -2.41. The molecule has 4 aromatic rings. The third kappa shape index (κ3) is 7.81. The Balaban J connectivity index is 1.35. The molecule has 1 aliphatic heterocycles. The lowest BCUT2D eigenvalue weighted by Crippen LogP contribution is -2.38. The zero-order chi connectivity index (χ0) is 30.9. The van der Waals surface area contributed by atoms with Crippen LogP contribution in [0.2, 0.25) is 0 Å². The van der Waals surface area contributed by atoms with Crippen LogP contribution in [0.3, 0.4) is 0 Å². The van der Waals surface area contributed by atoms with Crippen molar-refractivity contribution in [3.63, 3.8) is 0 Å². The number of benzene rings is 4. The highest BCUT2D eigenvalue weighted by Crippen LogP contribution is 2.44. The quantitative estimate of drug-likeness (QED) is 0.155. The largest absolute Gasteiger partial charge is 0.496 e. The molecule has 0 aliphatic carbocycles. The molecule has 4 aromatic carbocycles. The standard InChI is InChI=1S/C36H40N2O5S/c1-4-37-36(40)38-21-26-8-7-9-30(20-26)27-16-18-29(19-17-27)35-42-32(23-44-33-11-6-5-10-31(33)41-3)24(2)34(43-35)28-14-12-25(22-39)13-15-28/h5-20,24,32,34-35,39H,4,21-23H2,1-3H3,(H2,37,38,40)/t24-,32+,34+,35+/m0/s1. The Morgan fingerprint density at radius 1 is 0.864 bits per heavy atom. The third-order valence-electron chi connectivity index (χ3n) is 7.83. The van der Waals surface area contributed by atoms with Crippen molar-refractivity contribution in [1.29, 1.82) is 0 Å². The number of ether oxygens (including phenoxy) is 3. The highest BCUT2D eigenvalue weighted by molar-refractivity contribution is 7.99. The van der Waals surface area contributed by atoms with Crippen LogP contribution in [-0.2, 0) is 22.6 Å². The number of carbonyl (C=O) groups is 1. The second kappa shape index (κ2) is 15.3. The number of aliphatic hydroxyl groups is 1. The molecule has 230 valence electrons. The number of nitrogens with one attached hydrogen (secondary N) is 2. The van der Waals surface area contributed by atoms with E-state index in [0.717, 1.165) is 49.8 Å². The van der Waals surface area contributed by atoms with Crippen molar-refractivity contribution in [2.45, 2.75) is 50.4 Å². The highest BCUT2D eigenvalue weighted by atomic mass is 32.2. The highest BCUT2D eigenvalue weighted by Gasteiger charge is 2.38. The minimum Gasteiger partial charge on any atom is -0.496 e. The molecular formula is C36H40N2O5S. The number of carbonyl (C=O) groups excluding carboxylic acids is 1. The Bertz CT molecular complexity index is 1510. The molecular weight excluding hydrogens is 572 g/mol. The molecule has 2 amide bonds. The van der Waals surface area contributed by atoms with E-state index >= 15 is 0 Å². The van der Waals surface area contributed by atoms with Crippen LogP contribution >= 0.6 is 11.8 Å². The van der Waals surface area contributed by atoms with Gasteiger partial charge in [0.1, 0.15) is 5.75 Å². The second-order valence-corrected chi connectivity index (χ2v) is 11.9. The Hall–Kier alpha value is -3.82. The molecule has 8 heteroatoms. The van der Waals surface area contributed by atoms with Crippen molar-refractivity contribution >= 4 is 17.8 Å². The first kappa shape index (κ1) is 31.6. The lowest BCUT2D eigenvalue weighted by molar-refractivity contribution is -0.268. The molecule has 5 rings (SSSR count). The minimum atomic E-state index is -0.543. The molecule has 1 fully saturated rings. The van der Waals surface area contributed by atoms with E-state index < -0.39 is 6.29 Å². The van der Waals surface area contributed by atoms with Crippen LogP contribution in [0.25, 0.3) is 11.1 Å². The Morgan fingerprint density at radius 2 is 1.61 bits per heavy atom. The van der Waals surface area contributed by atoms with E-state index in [2.05, 4.69) is 60.0 Å². The van der Waals surface area contributed by atoms with E-state index in [4.69, 9.17) is 14.2 Å². The first-order chi connectivity index (χ1) is 21.5. The van der Waals surface area contributed by atoms with Gasteiger partial charge in [-0.2, -0.15) is 0 Å². The van der Waals surface area contributed by atoms with Gasteiger partial charge in [-0.15, -0.1) is 11.8 Å². The smallest absolute Gasteiger partial charge is 0.315 e. The van der Waals surface area contributed by atoms with E-state index in [-0.39, 0.29) is 30.8 Å². The van der Waals surface area contributed by atoms with E-state index in [0.29, 0.717) is 13.1 Å². The van der Waals surface area contributed by atoms with Crippen LogP contribution in [0.5, 0.6) is 5.75 Å². The van der Waals surface area contributed by atoms with Gasteiger partial charge in [-0.25, -0.2) is 4.79 Å². The minimum absolute atomic E-state index is 0.00518. The molecule has 3 N–H and O–H groups in total. The number of aliphatic hydroxyl groups excluding tert-OH is 1. The molecule has 0 unspecified atom stereocenters. The van der Waals surface area contributed by atoms with Gasteiger partial charge in [-0.1, -0.05) is 85.8 Å². The molecule has 0 spiro atoms. The van der Waals surface area contributed by atoms with Crippen molar-refractivity contribution < 1.29 is 24.1 Å². The number of amides is 2. The van der Waals surface area contributed by atoms with Gasteiger partial charge in [0, 0.05) is 35.2 Å².